The van der Waals surface area contributed by atoms with Gasteiger partial charge in [0, 0.05) is 12.2 Å². The van der Waals surface area contributed by atoms with Gasteiger partial charge in [0.25, 0.3) is 5.91 Å². The molecule has 3 rings (SSSR count). The van der Waals surface area contributed by atoms with Crippen molar-refractivity contribution in [2.75, 3.05) is 6.61 Å². The van der Waals surface area contributed by atoms with E-state index in [1.807, 2.05) is 6.92 Å². The fourth-order valence-corrected chi connectivity index (χ4v) is 3.01. The summed E-state index contributed by atoms with van der Waals surface area (Å²) >= 11 is 5.77. The van der Waals surface area contributed by atoms with Crippen molar-refractivity contribution >= 4 is 17.5 Å². The average molecular weight is 377 g/mol. The molecule has 1 N–H and O–H groups in total. The van der Waals surface area contributed by atoms with Gasteiger partial charge in [0.1, 0.15) is 11.7 Å². The summed E-state index contributed by atoms with van der Waals surface area (Å²) in [6.45, 7) is 2.33. The third kappa shape index (κ3) is 4.82. The number of amides is 1. The fourth-order valence-electron chi connectivity index (χ4n) is 2.91. The molecule has 0 bridgehead atoms. The summed E-state index contributed by atoms with van der Waals surface area (Å²) in [7, 11) is 0. The number of aromatic nitrogens is 3. The van der Waals surface area contributed by atoms with Gasteiger partial charge in [-0.1, -0.05) is 11.6 Å². The minimum atomic E-state index is -0.160. The number of ether oxygens (including phenoxy) is 2. The van der Waals surface area contributed by atoms with Crippen molar-refractivity contribution in [1.82, 2.24) is 20.3 Å². The summed E-state index contributed by atoms with van der Waals surface area (Å²) in [4.78, 5) is 24.7. The van der Waals surface area contributed by atoms with Crippen LogP contribution in [0.3, 0.4) is 0 Å². The number of pyridine rings is 1. The molecule has 0 aliphatic heterocycles. The summed E-state index contributed by atoms with van der Waals surface area (Å²) in [6, 6.07) is 3.88. The van der Waals surface area contributed by atoms with Crippen molar-refractivity contribution in [2.45, 2.75) is 44.8 Å². The molecule has 26 heavy (non-hydrogen) atoms. The van der Waals surface area contributed by atoms with Gasteiger partial charge in [-0.15, -0.1) is 0 Å². The summed E-state index contributed by atoms with van der Waals surface area (Å²) in [5, 5.41) is 3.54. The van der Waals surface area contributed by atoms with Crippen LogP contribution >= 0.6 is 11.6 Å². The van der Waals surface area contributed by atoms with E-state index in [1.54, 1.807) is 18.3 Å². The lowest BCUT2D eigenvalue weighted by atomic mass is 9.93. The standard InChI is InChI=1S/C18H21ClN4O3/c1-2-25-17-15(4-3-9-20-17)16(24)23-13-5-7-14(8-6-13)26-18-21-10-12(19)11-22-18/h3-4,9-11,13-14H,2,5-8H2,1H3,(H,23,24). The molecule has 8 heteroatoms. The molecule has 0 aromatic carbocycles. The number of nitrogens with zero attached hydrogens (tertiary/aromatic N) is 3. The molecule has 0 radical (unpaired) electrons. The number of hydrogen-bond acceptors (Lipinski definition) is 6. The maximum absolute atomic E-state index is 12.5. The van der Waals surface area contributed by atoms with E-state index in [-0.39, 0.29) is 18.1 Å². The maximum Gasteiger partial charge on any atom is 0.316 e. The summed E-state index contributed by atoms with van der Waals surface area (Å²) in [5.74, 6) is 0.205. The topological polar surface area (TPSA) is 86.2 Å². The van der Waals surface area contributed by atoms with E-state index in [0.717, 1.165) is 25.7 Å². The molecule has 138 valence electrons. The second kappa shape index (κ2) is 8.80. The molecule has 1 aliphatic carbocycles. The lowest BCUT2D eigenvalue weighted by molar-refractivity contribution is 0.0881. The molecule has 0 spiro atoms. The normalized spacial score (nSPS) is 19.6. The van der Waals surface area contributed by atoms with Gasteiger partial charge in [-0.2, -0.15) is 0 Å². The largest absolute Gasteiger partial charge is 0.477 e. The Morgan fingerprint density at radius 1 is 1.23 bits per heavy atom. The second-order valence-electron chi connectivity index (χ2n) is 6.04. The Morgan fingerprint density at radius 2 is 1.96 bits per heavy atom. The quantitative estimate of drug-likeness (QED) is 0.833. The van der Waals surface area contributed by atoms with Crippen LogP contribution in [0.5, 0.6) is 11.9 Å². The highest BCUT2D eigenvalue weighted by Crippen LogP contribution is 2.23. The van der Waals surface area contributed by atoms with Gasteiger partial charge in [-0.05, 0) is 44.7 Å². The maximum atomic E-state index is 12.5. The molecule has 0 unspecified atom stereocenters. The van der Waals surface area contributed by atoms with Crippen molar-refractivity contribution in [2.24, 2.45) is 0 Å². The van der Waals surface area contributed by atoms with Crippen LogP contribution in [-0.4, -0.2) is 39.6 Å². The molecule has 0 atom stereocenters. The van der Waals surface area contributed by atoms with E-state index in [9.17, 15) is 4.79 Å². The second-order valence-corrected chi connectivity index (χ2v) is 6.47. The van der Waals surface area contributed by atoms with E-state index in [1.165, 1.54) is 12.4 Å². The molecule has 1 amide bonds. The first-order valence-electron chi connectivity index (χ1n) is 8.68. The molecular weight excluding hydrogens is 356 g/mol. The molecule has 1 fully saturated rings. The van der Waals surface area contributed by atoms with E-state index in [4.69, 9.17) is 21.1 Å². The third-order valence-electron chi connectivity index (χ3n) is 4.17. The van der Waals surface area contributed by atoms with Crippen molar-refractivity contribution in [3.63, 3.8) is 0 Å². The minimum Gasteiger partial charge on any atom is -0.477 e. The molecule has 7 nitrogen and oxygen atoms in total. The Hall–Kier alpha value is -2.41. The predicted molar refractivity (Wildman–Crippen MR) is 96.6 cm³/mol. The fraction of sp³-hybridized carbons (Fsp3) is 0.444. The Bertz CT molecular complexity index is 733. The number of carbonyl (C=O) groups excluding carboxylic acids is 1. The van der Waals surface area contributed by atoms with Crippen LogP contribution in [0.1, 0.15) is 43.0 Å². The minimum absolute atomic E-state index is 0.0432. The summed E-state index contributed by atoms with van der Waals surface area (Å²) in [5.41, 5.74) is 0.460. The first kappa shape index (κ1) is 18.4. The van der Waals surface area contributed by atoms with Gasteiger partial charge in [0.05, 0.1) is 24.0 Å². The molecule has 1 aliphatic rings. The van der Waals surface area contributed by atoms with Crippen molar-refractivity contribution < 1.29 is 14.3 Å². The smallest absolute Gasteiger partial charge is 0.316 e. The predicted octanol–water partition coefficient (Wildman–Crippen LogP) is 3.04. The zero-order valence-corrected chi connectivity index (χ0v) is 15.3. The molecule has 2 aromatic heterocycles. The van der Waals surface area contributed by atoms with Gasteiger partial charge in [-0.3, -0.25) is 4.79 Å². The lowest BCUT2D eigenvalue weighted by Gasteiger charge is -2.29. The van der Waals surface area contributed by atoms with Gasteiger partial charge in [-0.25, -0.2) is 15.0 Å². The molecular formula is C18H21ClN4O3. The van der Waals surface area contributed by atoms with Gasteiger partial charge in [0.15, 0.2) is 0 Å². The van der Waals surface area contributed by atoms with Gasteiger partial charge >= 0.3 is 6.01 Å². The van der Waals surface area contributed by atoms with E-state index >= 15 is 0 Å². The van der Waals surface area contributed by atoms with Crippen LogP contribution in [0.25, 0.3) is 0 Å². The first-order chi connectivity index (χ1) is 12.7. The van der Waals surface area contributed by atoms with Gasteiger partial charge < -0.3 is 14.8 Å². The van der Waals surface area contributed by atoms with Gasteiger partial charge in [0.2, 0.25) is 5.88 Å². The Labute approximate surface area is 157 Å². The van der Waals surface area contributed by atoms with Crippen LogP contribution in [-0.2, 0) is 0 Å². The summed E-state index contributed by atoms with van der Waals surface area (Å²) < 4.78 is 11.2. The molecule has 0 saturated heterocycles. The van der Waals surface area contributed by atoms with Crippen LogP contribution in [0.2, 0.25) is 5.02 Å². The highest BCUT2D eigenvalue weighted by molar-refractivity contribution is 6.30. The van der Waals surface area contributed by atoms with Crippen LogP contribution < -0.4 is 14.8 Å². The van der Waals surface area contributed by atoms with Crippen molar-refractivity contribution in [1.29, 1.82) is 0 Å². The summed E-state index contributed by atoms with van der Waals surface area (Å²) in [6.07, 6.45) is 7.98. The number of carbonyl (C=O) groups is 1. The highest BCUT2D eigenvalue weighted by atomic mass is 35.5. The average Bonchev–Trinajstić information content (AvgIpc) is 2.66. The monoisotopic (exact) mass is 376 g/mol. The van der Waals surface area contributed by atoms with E-state index < -0.39 is 0 Å². The van der Waals surface area contributed by atoms with E-state index in [0.29, 0.717) is 29.1 Å². The zero-order chi connectivity index (χ0) is 18.4. The third-order valence-corrected chi connectivity index (χ3v) is 4.37. The van der Waals surface area contributed by atoms with Crippen molar-refractivity contribution in [3.05, 3.63) is 41.3 Å². The molecule has 2 aromatic rings. The van der Waals surface area contributed by atoms with Crippen LogP contribution in [0.15, 0.2) is 30.7 Å². The number of hydrogen-bond donors (Lipinski definition) is 1. The highest BCUT2D eigenvalue weighted by Gasteiger charge is 2.25. The number of halogens is 1. The number of rotatable bonds is 6. The molecule has 2 heterocycles. The van der Waals surface area contributed by atoms with E-state index in [2.05, 4.69) is 20.3 Å². The lowest BCUT2D eigenvalue weighted by Crippen LogP contribution is -2.40. The van der Waals surface area contributed by atoms with Crippen molar-refractivity contribution in [3.8, 4) is 11.9 Å². The number of nitrogens with one attached hydrogen (secondary N) is 1. The SMILES string of the molecule is CCOc1ncccc1C(=O)NC1CCC(Oc2ncc(Cl)cn2)CC1. The Morgan fingerprint density at radius 3 is 2.65 bits per heavy atom. The Kier molecular flexibility index (Phi) is 6.22. The Balaban J connectivity index is 1.51. The van der Waals surface area contributed by atoms with Crippen LogP contribution in [0.4, 0.5) is 0 Å². The zero-order valence-electron chi connectivity index (χ0n) is 14.5. The molecule has 1 saturated carbocycles. The van der Waals surface area contributed by atoms with Crippen LogP contribution in [0, 0.1) is 0 Å². The first-order valence-corrected chi connectivity index (χ1v) is 9.06.